The topological polar surface area (TPSA) is 100 Å². The van der Waals surface area contributed by atoms with Crippen molar-refractivity contribution in [2.75, 3.05) is 45.1 Å². The van der Waals surface area contributed by atoms with Crippen LogP contribution in [-0.4, -0.2) is 51.8 Å². The van der Waals surface area contributed by atoms with Gasteiger partial charge in [-0.15, -0.1) is 0 Å². The smallest absolute Gasteiger partial charge is 0.313 e. The first-order valence-electron chi connectivity index (χ1n) is 8.62. The van der Waals surface area contributed by atoms with Crippen molar-refractivity contribution in [2.45, 2.75) is 6.10 Å². The van der Waals surface area contributed by atoms with E-state index in [-0.39, 0.29) is 6.54 Å². The quantitative estimate of drug-likeness (QED) is 0.624. The van der Waals surface area contributed by atoms with Gasteiger partial charge in [0.1, 0.15) is 11.5 Å². The fraction of sp³-hybridized carbons (Fsp3) is 0.300. The Morgan fingerprint density at radius 3 is 2.29 bits per heavy atom. The molecule has 0 radical (unpaired) electrons. The van der Waals surface area contributed by atoms with Crippen LogP contribution in [-0.2, 0) is 9.59 Å². The third-order valence-electron chi connectivity index (χ3n) is 4.11. The summed E-state index contributed by atoms with van der Waals surface area (Å²) in [7, 11) is 6.80. The van der Waals surface area contributed by atoms with Gasteiger partial charge in [0.05, 0.1) is 26.0 Å². The number of hydrogen-bond acceptors (Lipinski definition) is 6. The van der Waals surface area contributed by atoms with Gasteiger partial charge in [0.15, 0.2) is 0 Å². The number of nitrogens with one attached hydrogen (secondary N) is 2. The van der Waals surface area contributed by atoms with Gasteiger partial charge < -0.3 is 30.1 Å². The number of aliphatic hydroxyl groups excluding tert-OH is 1. The van der Waals surface area contributed by atoms with E-state index in [1.165, 1.54) is 14.2 Å². The van der Waals surface area contributed by atoms with Crippen LogP contribution in [0.15, 0.2) is 42.5 Å². The Bertz CT molecular complexity index is 821. The number of amides is 2. The van der Waals surface area contributed by atoms with Crippen molar-refractivity contribution in [3.63, 3.8) is 0 Å². The molecule has 0 aliphatic carbocycles. The summed E-state index contributed by atoms with van der Waals surface area (Å²) in [5.74, 6) is -0.801. The first-order chi connectivity index (χ1) is 13.3. The van der Waals surface area contributed by atoms with Crippen molar-refractivity contribution in [3.8, 4) is 11.5 Å². The van der Waals surface area contributed by atoms with E-state index in [0.717, 1.165) is 5.69 Å². The zero-order valence-electron chi connectivity index (χ0n) is 16.4. The number of rotatable bonds is 7. The van der Waals surface area contributed by atoms with E-state index < -0.39 is 17.9 Å². The van der Waals surface area contributed by atoms with E-state index in [1.807, 2.05) is 31.1 Å². The molecule has 0 aliphatic heterocycles. The highest BCUT2D eigenvalue weighted by Gasteiger charge is 2.18. The second kappa shape index (κ2) is 9.61. The van der Waals surface area contributed by atoms with Crippen LogP contribution in [0.5, 0.6) is 11.5 Å². The van der Waals surface area contributed by atoms with Crippen LogP contribution >= 0.6 is 0 Å². The number of aliphatic hydroxyl groups is 1. The van der Waals surface area contributed by atoms with Crippen molar-refractivity contribution in [3.05, 3.63) is 48.0 Å². The van der Waals surface area contributed by atoms with Crippen LogP contribution in [0, 0.1) is 0 Å². The first-order valence-corrected chi connectivity index (χ1v) is 8.62. The summed E-state index contributed by atoms with van der Waals surface area (Å²) in [4.78, 5) is 26.1. The largest absolute Gasteiger partial charge is 0.497 e. The number of benzene rings is 2. The maximum Gasteiger partial charge on any atom is 0.313 e. The fourth-order valence-electron chi connectivity index (χ4n) is 2.46. The maximum absolute atomic E-state index is 12.1. The molecule has 0 spiro atoms. The van der Waals surface area contributed by atoms with Crippen molar-refractivity contribution in [1.82, 2.24) is 5.32 Å². The van der Waals surface area contributed by atoms with Gasteiger partial charge in [0.25, 0.3) is 0 Å². The second-order valence-electron chi connectivity index (χ2n) is 6.23. The summed E-state index contributed by atoms with van der Waals surface area (Å²) >= 11 is 0. The Balaban J connectivity index is 1.92. The average Bonchev–Trinajstić information content (AvgIpc) is 2.71. The lowest BCUT2D eigenvalue weighted by Gasteiger charge is -2.16. The number of methoxy groups -OCH3 is 2. The van der Waals surface area contributed by atoms with Crippen LogP contribution in [0.2, 0.25) is 0 Å². The third kappa shape index (κ3) is 5.37. The average molecular weight is 387 g/mol. The van der Waals surface area contributed by atoms with Gasteiger partial charge in [-0.1, -0.05) is 12.1 Å². The van der Waals surface area contributed by atoms with Crippen molar-refractivity contribution in [2.24, 2.45) is 0 Å². The third-order valence-corrected chi connectivity index (χ3v) is 4.11. The summed E-state index contributed by atoms with van der Waals surface area (Å²) in [5.41, 5.74) is 1.97. The Labute approximate surface area is 164 Å². The molecule has 0 saturated heterocycles. The Kier molecular flexibility index (Phi) is 7.22. The number of hydrogen-bond donors (Lipinski definition) is 3. The Morgan fingerprint density at radius 1 is 1.04 bits per heavy atom. The van der Waals surface area contributed by atoms with E-state index >= 15 is 0 Å². The van der Waals surface area contributed by atoms with E-state index in [0.29, 0.717) is 22.7 Å². The normalized spacial score (nSPS) is 11.3. The molecule has 8 nitrogen and oxygen atoms in total. The molecule has 1 atom stereocenters. The highest BCUT2D eigenvalue weighted by Crippen LogP contribution is 2.28. The molecule has 3 N–H and O–H groups in total. The van der Waals surface area contributed by atoms with E-state index in [1.54, 1.807) is 30.3 Å². The highest BCUT2D eigenvalue weighted by molar-refractivity contribution is 6.39. The number of carbonyl (C=O) groups is 2. The molecular weight excluding hydrogens is 362 g/mol. The van der Waals surface area contributed by atoms with E-state index in [4.69, 9.17) is 9.47 Å². The molecule has 0 heterocycles. The Hall–Kier alpha value is -3.26. The van der Waals surface area contributed by atoms with Crippen LogP contribution < -0.4 is 25.0 Å². The predicted octanol–water partition coefficient (Wildman–Crippen LogP) is 1.56. The summed E-state index contributed by atoms with van der Waals surface area (Å²) in [5, 5.41) is 15.1. The Morgan fingerprint density at radius 2 is 1.71 bits per heavy atom. The molecule has 0 bridgehead atoms. The zero-order chi connectivity index (χ0) is 20.7. The summed E-state index contributed by atoms with van der Waals surface area (Å²) < 4.78 is 10.3. The minimum absolute atomic E-state index is 0.0900. The predicted molar refractivity (Wildman–Crippen MR) is 107 cm³/mol. The molecular formula is C20H25N3O5. The fourth-order valence-corrected chi connectivity index (χ4v) is 2.46. The molecule has 8 heteroatoms. The SMILES string of the molecule is COc1ccc(NC(=O)C(=O)NC[C@@H](O)c2ccc(N(C)C)cc2)c(OC)c1. The molecule has 2 amide bonds. The summed E-state index contributed by atoms with van der Waals surface area (Å²) in [6.45, 7) is -0.0900. The van der Waals surface area contributed by atoms with Gasteiger partial charge in [0.2, 0.25) is 0 Å². The minimum Gasteiger partial charge on any atom is -0.497 e. The second-order valence-corrected chi connectivity index (χ2v) is 6.23. The molecule has 0 unspecified atom stereocenters. The van der Waals surface area contributed by atoms with E-state index in [9.17, 15) is 14.7 Å². The lowest BCUT2D eigenvalue weighted by Crippen LogP contribution is -2.37. The maximum atomic E-state index is 12.1. The zero-order valence-corrected chi connectivity index (χ0v) is 16.4. The standard InChI is InChI=1S/C20H25N3O5/c1-23(2)14-7-5-13(6-8-14)17(24)12-21-19(25)20(26)22-16-10-9-15(27-3)11-18(16)28-4/h5-11,17,24H,12H2,1-4H3,(H,21,25)(H,22,26)/t17-/m1/s1. The summed E-state index contributed by atoms with van der Waals surface area (Å²) in [6.07, 6.45) is -0.927. The molecule has 28 heavy (non-hydrogen) atoms. The number of nitrogens with zero attached hydrogens (tertiary/aromatic N) is 1. The first kappa shape index (κ1) is 21.0. The van der Waals surface area contributed by atoms with Crippen LogP contribution in [0.3, 0.4) is 0 Å². The number of anilines is 2. The molecule has 0 aromatic heterocycles. The van der Waals surface area contributed by atoms with Crippen LogP contribution in [0.4, 0.5) is 11.4 Å². The minimum atomic E-state index is -0.927. The summed E-state index contributed by atoms with van der Waals surface area (Å²) in [6, 6.07) is 12.1. The van der Waals surface area contributed by atoms with Crippen LogP contribution in [0.1, 0.15) is 11.7 Å². The lowest BCUT2D eigenvalue weighted by atomic mass is 10.1. The molecule has 2 rings (SSSR count). The van der Waals surface area contributed by atoms with Crippen molar-refractivity contribution < 1.29 is 24.2 Å². The molecule has 0 saturated carbocycles. The van der Waals surface area contributed by atoms with Gasteiger partial charge in [-0.2, -0.15) is 0 Å². The molecule has 150 valence electrons. The number of carbonyl (C=O) groups excluding carboxylic acids is 2. The van der Waals surface area contributed by atoms with Crippen LogP contribution in [0.25, 0.3) is 0 Å². The van der Waals surface area contributed by atoms with Gasteiger partial charge in [0, 0.05) is 32.4 Å². The van der Waals surface area contributed by atoms with Gasteiger partial charge >= 0.3 is 11.8 Å². The lowest BCUT2D eigenvalue weighted by molar-refractivity contribution is -0.136. The van der Waals surface area contributed by atoms with Gasteiger partial charge in [-0.3, -0.25) is 9.59 Å². The van der Waals surface area contributed by atoms with Gasteiger partial charge in [-0.05, 0) is 29.8 Å². The van der Waals surface area contributed by atoms with Crippen molar-refractivity contribution >= 4 is 23.2 Å². The molecule has 0 aliphatic rings. The molecule has 2 aromatic carbocycles. The highest BCUT2D eigenvalue weighted by atomic mass is 16.5. The monoisotopic (exact) mass is 387 g/mol. The molecule has 2 aromatic rings. The number of ether oxygens (including phenoxy) is 2. The van der Waals surface area contributed by atoms with E-state index in [2.05, 4.69) is 10.6 Å². The van der Waals surface area contributed by atoms with Crippen molar-refractivity contribution in [1.29, 1.82) is 0 Å². The molecule has 0 fully saturated rings. The van der Waals surface area contributed by atoms with Gasteiger partial charge in [-0.25, -0.2) is 0 Å².